The third-order valence-corrected chi connectivity index (χ3v) is 5.84. The molecule has 164 valence electrons. The van der Waals surface area contributed by atoms with E-state index >= 15 is 0 Å². The second-order valence-corrected chi connectivity index (χ2v) is 7.77. The Morgan fingerprint density at radius 2 is 1.88 bits per heavy atom. The summed E-state index contributed by atoms with van der Waals surface area (Å²) in [5, 5.41) is 19.6. The molecule has 1 saturated heterocycles. The van der Waals surface area contributed by atoms with Crippen molar-refractivity contribution in [2.75, 3.05) is 37.7 Å². The van der Waals surface area contributed by atoms with Crippen molar-refractivity contribution >= 4 is 28.3 Å². The Kier molecular flexibility index (Phi) is 6.10. The molecule has 0 aliphatic carbocycles. The van der Waals surface area contributed by atoms with Gasteiger partial charge in [0.2, 0.25) is 0 Å². The molecule has 1 aliphatic heterocycles. The zero-order valence-corrected chi connectivity index (χ0v) is 17.7. The van der Waals surface area contributed by atoms with E-state index in [0.717, 1.165) is 16.6 Å². The summed E-state index contributed by atoms with van der Waals surface area (Å²) in [7, 11) is 0. The molecule has 0 amide bonds. The van der Waals surface area contributed by atoms with Crippen molar-refractivity contribution in [1.29, 1.82) is 5.26 Å². The molecule has 1 aliphatic rings. The van der Waals surface area contributed by atoms with Gasteiger partial charge in [0.05, 0.1) is 0 Å². The molecule has 0 spiro atoms. The van der Waals surface area contributed by atoms with E-state index in [1.54, 1.807) is 25.3 Å². The monoisotopic (exact) mass is 432 g/mol. The Labute approximate surface area is 185 Å². The summed E-state index contributed by atoms with van der Waals surface area (Å²) in [6.45, 7) is 4.02. The van der Waals surface area contributed by atoms with Gasteiger partial charge in [0.15, 0.2) is 12.4 Å². The first-order valence-electron chi connectivity index (χ1n) is 10.4. The Balaban J connectivity index is 1.52. The van der Waals surface area contributed by atoms with Crippen LogP contribution < -0.4 is 9.64 Å². The molecule has 1 atom stereocenters. The van der Waals surface area contributed by atoms with E-state index in [1.807, 2.05) is 41.3 Å². The third-order valence-electron chi connectivity index (χ3n) is 5.84. The molecule has 8 heteroatoms. The van der Waals surface area contributed by atoms with Gasteiger partial charge in [-0.3, -0.25) is 14.5 Å². The highest BCUT2D eigenvalue weighted by molar-refractivity contribution is 5.94. The fourth-order valence-electron chi connectivity index (χ4n) is 4.18. The Morgan fingerprint density at radius 3 is 2.50 bits per heavy atom. The van der Waals surface area contributed by atoms with Crippen LogP contribution >= 0.6 is 0 Å². The van der Waals surface area contributed by atoms with Crippen LogP contribution in [0.5, 0.6) is 5.75 Å². The van der Waals surface area contributed by atoms with Gasteiger partial charge in [-0.2, -0.15) is 5.26 Å². The number of ketones is 1. The number of benzene rings is 2. The molecule has 2 N–H and O–H groups in total. The minimum Gasteiger partial charge on any atom is -0.480 e. The van der Waals surface area contributed by atoms with Crippen LogP contribution in [0.25, 0.3) is 10.9 Å². The van der Waals surface area contributed by atoms with Gasteiger partial charge < -0.3 is 19.7 Å². The average molecular weight is 432 g/mol. The number of nitriles is 1. The van der Waals surface area contributed by atoms with E-state index < -0.39 is 12.0 Å². The molecule has 1 fully saturated rings. The van der Waals surface area contributed by atoms with Crippen LogP contribution in [0.2, 0.25) is 0 Å². The highest BCUT2D eigenvalue weighted by Crippen LogP contribution is 2.32. The number of Topliss-reactive ketones (excluding diaryl/α,β-unsaturated/α-hetero) is 1. The summed E-state index contributed by atoms with van der Waals surface area (Å²) < 4.78 is 5.40. The number of carbonyl (C=O) groups excluding carboxylic acids is 1. The highest BCUT2D eigenvalue weighted by Gasteiger charge is 2.32. The fraction of sp³-hybridized carbons (Fsp3) is 0.292. The molecule has 8 nitrogen and oxygen atoms in total. The van der Waals surface area contributed by atoms with E-state index in [0.29, 0.717) is 43.1 Å². The van der Waals surface area contributed by atoms with Gasteiger partial charge in [-0.25, -0.2) is 0 Å². The summed E-state index contributed by atoms with van der Waals surface area (Å²) in [6.07, 6.45) is 1.74. The number of hydrogen-bond donors (Lipinski definition) is 2. The van der Waals surface area contributed by atoms with Crippen LogP contribution in [0.4, 0.5) is 5.69 Å². The van der Waals surface area contributed by atoms with Crippen molar-refractivity contribution in [2.45, 2.75) is 13.0 Å². The first-order valence-corrected chi connectivity index (χ1v) is 10.4. The number of nitrogens with zero attached hydrogens (tertiary/aromatic N) is 3. The van der Waals surface area contributed by atoms with Gasteiger partial charge >= 0.3 is 5.97 Å². The van der Waals surface area contributed by atoms with Crippen LogP contribution in [-0.4, -0.2) is 59.5 Å². The molecule has 1 aromatic heterocycles. The molecule has 32 heavy (non-hydrogen) atoms. The Bertz CT molecular complexity index is 1170. The quantitative estimate of drug-likeness (QED) is 0.552. The Morgan fingerprint density at radius 1 is 1.16 bits per heavy atom. The SMILES string of the molecule is CC(=O)c1ccc(N2CCN([C@@H](C(=O)O)c3c[nH]c4ccc(OCC#N)cc34)CC2)cc1. The van der Waals surface area contributed by atoms with E-state index in [2.05, 4.69) is 9.88 Å². The van der Waals surface area contributed by atoms with Gasteiger partial charge in [-0.05, 0) is 49.4 Å². The number of aromatic amines is 1. The molecule has 2 aromatic carbocycles. The molecule has 0 bridgehead atoms. The number of nitrogens with one attached hydrogen (secondary N) is 1. The van der Waals surface area contributed by atoms with Crippen molar-refractivity contribution in [3.05, 3.63) is 59.8 Å². The van der Waals surface area contributed by atoms with Gasteiger partial charge in [0, 0.05) is 60.1 Å². The number of carbonyl (C=O) groups is 2. The number of hydrogen-bond acceptors (Lipinski definition) is 6. The van der Waals surface area contributed by atoms with E-state index in [1.165, 1.54) is 0 Å². The van der Waals surface area contributed by atoms with Crippen LogP contribution in [0, 0.1) is 11.3 Å². The summed E-state index contributed by atoms with van der Waals surface area (Å²) in [5.74, 6) is -0.345. The molecule has 0 unspecified atom stereocenters. The lowest BCUT2D eigenvalue weighted by Crippen LogP contribution is -2.49. The summed E-state index contributed by atoms with van der Waals surface area (Å²) in [6, 6.07) is 14.0. The van der Waals surface area contributed by atoms with Crippen LogP contribution in [0.15, 0.2) is 48.7 Å². The maximum atomic E-state index is 12.3. The number of fused-ring (bicyclic) bond motifs is 1. The summed E-state index contributed by atoms with van der Waals surface area (Å²) in [5.41, 5.74) is 3.19. The van der Waals surface area contributed by atoms with Gasteiger partial charge in [0.1, 0.15) is 17.9 Å². The van der Waals surface area contributed by atoms with Crippen molar-refractivity contribution in [1.82, 2.24) is 9.88 Å². The van der Waals surface area contributed by atoms with Crippen molar-refractivity contribution in [3.8, 4) is 11.8 Å². The normalized spacial score (nSPS) is 15.3. The molecular formula is C24H24N4O4. The smallest absolute Gasteiger partial charge is 0.325 e. The lowest BCUT2D eigenvalue weighted by molar-refractivity contribution is -0.143. The Hall–Kier alpha value is -3.83. The van der Waals surface area contributed by atoms with Crippen molar-refractivity contribution in [3.63, 3.8) is 0 Å². The molecule has 4 rings (SSSR count). The number of aromatic nitrogens is 1. The predicted octanol–water partition coefficient (Wildman–Crippen LogP) is 3.22. The number of aliphatic carboxylic acids is 1. The fourth-order valence-corrected chi connectivity index (χ4v) is 4.18. The topological polar surface area (TPSA) is 110 Å². The lowest BCUT2D eigenvalue weighted by Gasteiger charge is -2.38. The standard InChI is InChI=1S/C24H24N4O4/c1-16(29)17-2-4-18(5-3-17)27-9-11-28(12-10-27)23(24(30)31)21-15-26-22-7-6-19(14-20(21)22)32-13-8-25/h2-7,14-15,23,26H,9-13H2,1H3,(H,30,31)/t23-/m1/s1. The highest BCUT2D eigenvalue weighted by atomic mass is 16.5. The zero-order valence-electron chi connectivity index (χ0n) is 17.7. The van der Waals surface area contributed by atoms with Gasteiger partial charge in [-0.1, -0.05) is 0 Å². The maximum Gasteiger partial charge on any atom is 0.325 e. The number of ether oxygens (including phenoxy) is 1. The van der Waals surface area contributed by atoms with E-state index in [-0.39, 0.29) is 12.4 Å². The first-order chi connectivity index (χ1) is 15.5. The second-order valence-electron chi connectivity index (χ2n) is 7.77. The molecular weight excluding hydrogens is 408 g/mol. The van der Waals surface area contributed by atoms with Gasteiger partial charge in [0.25, 0.3) is 0 Å². The average Bonchev–Trinajstić information content (AvgIpc) is 3.21. The molecule has 0 saturated carbocycles. The van der Waals surface area contributed by atoms with Crippen LogP contribution in [0.1, 0.15) is 28.9 Å². The van der Waals surface area contributed by atoms with E-state index in [4.69, 9.17) is 10.00 Å². The minimum absolute atomic E-state index is 0.0329. The summed E-state index contributed by atoms with van der Waals surface area (Å²) in [4.78, 5) is 31.1. The van der Waals surface area contributed by atoms with Gasteiger partial charge in [-0.15, -0.1) is 0 Å². The summed E-state index contributed by atoms with van der Waals surface area (Å²) >= 11 is 0. The zero-order chi connectivity index (χ0) is 22.7. The van der Waals surface area contributed by atoms with Crippen molar-refractivity contribution in [2.24, 2.45) is 0 Å². The third kappa shape index (κ3) is 4.29. The second kappa shape index (κ2) is 9.12. The minimum atomic E-state index is -0.909. The number of carboxylic acids is 1. The predicted molar refractivity (Wildman–Crippen MR) is 120 cm³/mol. The van der Waals surface area contributed by atoms with Crippen molar-refractivity contribution < 1.29 is 19.4 Å². The number of carboxylic acid groups (broad SMARTS) is 1. The number of anilines is 1. The largest absolute Gasteiger partial charge is 0.480 e. The number of H-pyrrole nitrogens is 1. The van der Waals surface area contributed by atoms with Crippen LogP contribution in [0.3, 0.4) is 0 Å². The van der Waals surface area contributed by atoms with E-state index in [9.17, 15) is 14.7 Å². The lowest BCUT2D eigenvalue weighted by atomic mass is 10.0. The van der Waals surface area contributed by atoms with Crippen LogP contribution in [-0.2, 0) is 4.79 Å². The first kappa shape index (κ1) is 21.4. The maximum absolute atomic E-state index is 12.3. The molecule has 0 radical (unpaired) electrons. The number of rotatable bonds is 7. The molecule has 2 heterocycles. The molecule has 3 aromatic rings. The number of piperazine rings is 1.